The first kappa shape index (κ1) is 12.4. The number of hydrogen-bond acceptors (Lipinski definition) is 1. The van der Waals surface area contributed by atoms with Gasteiger partial charge in [-0.15, -0.1) is 0 Å². The van der Waals surface area contributed by atoms with E-state index in [1.165, 1.54) is 11.1 Å². The summed E-state index contributed by atoms with van der Waals surface area (Å²) in [6.07, 6.45) is 4.91. The minimum absolute atomic E-state index is 0.508. The predicted molar refractivity (Wildman–Crippen MR) is 74.6 cm³/mol. The maximum Gasteiger partial charge on any atom is 0.103 e. The van der Waals surface area contributed by atoms with Gasteiger partial charge in [0, 0.05) is 11.2 Å². The molecular formula is C15H17BrO. The van der Waals surface area contributed by atoms with E-state index in [1.54, 1.807) is 6.26 Å². The molecular weight excluding hydrogens is 276 g/mol. The molecule has 0 spiro atoms. The van der Waals surface area contributed by atoms with Gasteiger partial charge in [-0.05, 0) is 43.0 Å². The SMILES string of the molecule is Cc1ccccc1CC(Br)CCc1ccco1. The van der Waals surface area contributed by atoms with Gasteiger partial charge in [0.1, 0.15) is 5.76 Å². The van der Waals surface area contributed by atoms with Crippen LogP contribution < -0.4 is 0 Å². The van der Waals surface area contributed by atoms with Crippen LogP contribution in [0.4, 0.5) is 0 Å². The monoisotopic (exact) mass is 292 g/mol. The van der Waals surface area contributed by atoms with Gasteiger partial charge < -0.3 is 4.42 Å². The minimum atomic E-state index is 0.508. The average molecular weight is 293 g/mol. The molecule has 0 N–H and O–H groups in total. The molecule has 2 rings (SSSR count). The van der Waals surface area contributed by atoms with Gasteiger partial charge in [-0.3, -0.25) is 0 Å². The Hall–Kier alpha value is -1.02. The van der Waals surface area contributed by atoms with Crippen LogP contribution in [0.5, 0.6) is 0 Å². The van der Waals surface area contributed by atoms with E-state index in [-0.39, 0.29) is 0 Å². The van der Waals surface area contributed by atoms with Gasteiger partial charge >= 0.3 is 0 Å². The van der Waals surface area contributed by atoms with E-state index in [2.05, 4.69) is 47.1 Å². The Labute approximate surface area is 111 Å². The smallest absolute Gasteiger partial charge is 0.103 e. The van der Waals surface area contributed by atoms with Gasteiger partial charge in [0.05, 0.1) is 6.26 Å². The van der Waals surface area contributed by atoms with Crippen molar-refractivity contribution in [3.8, 4) is 0 Å². The molecule has 0 aliphatic rings. The summed E-state index contributed by atoms with van der Waals surface area (Å²) < 4.78 is 5.34. The van der Waals surface area contributed by atoms with E-state index in [0.717, 1.165) is 25.0 Å². The normalized spacial score (nSPS) is 12.6. The van der Waals surface area contributed by atoms with E-state index in [1.807, 2.05) is 12.1 Å². The van der Waals surface area contributed by atoms with Crippen molar-refractivity contribution in [1.82, 2.24) is 0 Å². The molecule has 0 radical (unpaired) electrons. The van der Waals surface area contributed by atoms with E-state index in [4.69, 9.17) is 4.42 Å². The highest BCUT2D eigenvalue weighted by Crippen LogP contribution is 2.18. The lowest BCUT2D eigenvalue weighted by molar-refractivity contribution is 0.500. The third kappa shape index (κ3) is 3.74. The van der Waals surface area contributed by atoms with Crippen molar-refractivity contribution in [3.05, 3.63) is 59.5 Å². The maximum absolute atomic E-state index is 5.34. The fourth-order valence-corrected chi connectivity index (χ4v) is 2.51. The first-order valence-electron chi connectivity index (χ1n) is 5.96. The largest absolute Gasteiger partial charge is 0.469 e. The summed E-state index contributed by atoms with van der Waals surface area (Å²) in [7, 11) is 0. The molecule has 1 nitrogen and oxygen atoms in total. The fraction of sp³-hybridized carbons (Fsp3) is 0.333. The number of alkyl halides is 1. The summed E-state index contributed by atoms with van der Waals surface area (Å²) in [5.74, 6) is 1.07. The predicted octanol–water partition coefficient (Wildman–Crippen LogP) is 4.53. The molecule has 0 saturated carbocycles. The molecule has 1 heterocycles. The van der Waals surface area contributed by atoms with Gasteiger partial charge in [0.2, 0.25) is 0 Å². The van der Waals surface area contributed by atoms with Crippen molar-refractivity contribution in [2.24, 2.45) is 0 Å². The summed E-state index contributed by atoms with van der Waals surface area (Å²) in [5, 5.41) is 0. The fourth-order valence-electron chi connectivity index (χ4n) is 1.93. The highest BCUT2D eigenvalue weighted by Gasteiger charge is 2.08. The lowest BCUT2D eigenvalue weighted by Gasteiger charge is -2.11. The number of aryl methyl sites for hydroxylation is 2. The number of hydrogen-bond donors (Lipinski definition) is 0. The lowest BCUT2D eigenvalue weighted by Crippen LogP contribution is -2.05. The first-order chi connectivity index (χ1) is 8.25. The Morgan fingerprint density at radius 2 is 2.00 bits per heavy atom. The Bertz CT molecular complexity index is 448. The molecule has 0 aliphatic carbocycles. The van der Waals surface area contributed by atoms with Crippen molar-refractivity contribution in [2.75, 3.05) is 0 Å². The zero-order valence-electron chi connectivity index (χ0n) is 10.0. The average Bonchev–Trinajstić information content (AvgIpc) is 2.82. The molecule has 2 heteroatoms. The van der Waals surface area contributed by atoms with Gasteiger partial charge in [0.25, 0.3) is 0 Å². The van der Waals surface area contributed by atoms with Crippen LogP contribution in [0.25, 0.3) is 0 Å². The highest BCUT2D eigenvalue weighted by atomic mass is 79.9. The zero-order chi connectivity index (χ0) is 12.1. The molecule has 0 saturated heterocycles. The van der Waals surface area contributed by atoms with E-state index in [9.17, 15) is 0 Å². The number of rotatable bonds is 5. The number of furan rings is 1. The standard InChI is InChI=1S/C15H17BrO/c1-12-5-2-3-6-13(12)11-14(16)8-9-15-7-4-10-17-15/h2-7,10,14H,8-9,11H2,1H3. The van der Waals surface area contributed by atoms with Gasteiger partial charge in [0.15, 0.2) is 0 Å². The van der Waals surface area contributed by atoms with Gasteiger partial charge in [-0.1, -0.05) is 40.2 Å². The maximum atomic E-state index is 5.34. The second-order valence-electron chi connectivity index (χ2n) is 4.35. The van der Waals surface area contributed by atoms with Crippen molar-refractivity contribution in [3.63, 3.8) is 0 Å². The summed E-state index contributed by atoms with van der Waals surface area (Å²) >= 11 is 3.75. The molecule has 0 fully saturated rings. The second-order valence-corrected chi connectivity index (χ2v) is 5.64. The van der Waals surface area contributed by atoms with Gasteiger partial charge in [-0.2, -0.15) is 0 Å². The van der Waals surface area contributed by atoms with Crippen LogP contribution in [0.2, 0.25) is 0 Å². The molecule has 2 aromatic rings. The summed E-state index contributed by atoms with van der Waals surface area (Å²) in [6, 6.07) is 12.5. The quantitative estimate of drug-likeness (QED) is 0.738. The number of halogens is 1. The van der Waals surface area contributed by atoms with Crippen LogP contribution in [0.1, 0.15) is 23.3 Å². The van der Waals surface area contributed by atoms with Crippen molar-refractivity contribution in [1.29, 1.82) is 0 Å². The van der Waals surface area contributed by atoms with Crippen LogP contribution in [0, 0.1) is 6.92 Å². The Morgan fingerprint density at radius 1 is 1.18 bits per heavy atom. The summed E-state index contributed by atoms with van der Waals surface area (Å²) in [4.78, 5) is 0.508. The van der Waals surface area contributed by atoms with Crippen LogP contribution in [0.3, 0.4) is 0 Å². The Morgan fingerprint density at radius 3 is 2.71 bits per heavy atom. The summed E-state index contributed by atoms with van der Waals surface area (Å²) in [6.45, 7) is 2.17. The van der Waals surface area contributed by atoms with E-state index in [0.29, 0.717) is 4.83 Å². The van der Waals surface area contributed by atoms with Gasteiger partial charge in [-0.25, -0.2) is 0 Å². The molecule has 1 aromatic carbocycles. The molecule has 1 aromatic heterocycles. The van der Waals surface area contributed by atoms with Crippen LogP contribution in [-0.2, 0) is 12.8 Å². The van der Waals surface area contributed by atoms with Crippen LogP contribution >= 0.6 is 15.9 Å². The molecule has 17 heavy (non-hydrogen) atoms. The molecule has 0 bridgehead atoms. The van der Waals surface area contributed by atoms with Crippen molar-refractivity contribution in [2.45, 2.75) is 31.0 Å². The first-order valence-corrected chi connectivity index (χ1v) is 6.88. The molecule has 0 amide bonds. The van der Waals surface area contributed by atoms with Crippen molar-refractivity contribution >= 4 is 15.9 Å². The van der Waals surface area contributed by atoms with Crippen LogP contribution in [0.15, 0.2) is 47.1 Å². The molecule has 1 unspecified atom stereocenters. The Kier molecular flexibility index (Phi) is 4.43. The molecule has 90 valence electrons. The molecule has 1 atom stereocenters. The topological polar surface area (TPSA) is 13.1 Å². The second kappa shape index (κ2) is 6.06. The molecule has 0 aliphatic heterocycles. The van der Waals surface area contributed by atoms with Crippen molar-refractivity contribution < 1.29 is 4.42 Å². The minimum Gasteiger partial charge on any atom is -0.469 e. The van der Waals surface area contributed by atoms with E-state index < -0.39 is 0 Å². The number of benzene rings is 1. The Balaban J connectivity index is 1.85. The van der Waals surface area contributed by atoms with E-state index >= 15 is 0 Å². The third-order valence-corrected chi connectivity index (χ3v) is 3.77. The summed E-state index contributed by atoms with van der Waals surface area (Å²) in [5.41, 5.74) is 2.80. The highest BCUT2D eigenvalue weighted by molar-refractivity contribution is 9.09. The third-order valence-electron chi connectivity index (χ3n) is 2.99. The van der Waals surface area contributed by atoms with Crippen LogP contribution in [-0.4, -0.2) is 4.83 Å². The lowest BCUT2D eigenvalue weighted by atomic mass is 10.0. The zero-order valence-corrected chi connectivity index (χ0v) is 11.6.